The number of hydrogen-bond acceptors (Lipinski definition) is 3. The maximum atomic E-state index is 12.6. The summed E-state index contributed by atoms with van der Waals surface area (Å²) in [6, 6.07) is 0. The number of fused-ring (bicyclic) bond motifs is 5. The molecule has 4 aliphatic rings. The summed E-state index contributed by atoms with van der Waals surface area (Å²) in [7, 11) is 0. The van der Waals surface area contributed by atoms with Crippen molar-refractivity contribution in [1.82, 2.24) is 0 Å². The molecular weight excluding hydrogens is 336 g/mol. The van der Waals surface area contributed by atoms with Crippen molar-refractivity contribution in [3.8, 4) is 0 Å². The van der Waals surface area contributed by atoms with Gasteiger partial charge in [0.2, 0.25) is 0 Å². The fourth-order valence-corrected chi connectivity index (χ4v) is 7.85. The first-order valence-electron chi connectivity index (χ1n) is 11.4. The molecule has 152 valence electrons. The van der Waals surface area contributed by atoms with Crippen LogP contribution in [-0.2, 0) is 14.3 Å². The van der Waals surface area contributed by atoms with Crippen LogP contribution in [0.1, 0.15) is 91.9 Å². The lowest BCUT2D eigenvalue weighted by atomic mass is 9.44. The molecule has 0 spiro atoms. The summed E-state index contributed by atoms with van der Waals surface area (Å²) in [5.41, 5.74) is -0.240. The molecule has 7 atom stereocenters. The van der Waals surface area contributed by atoms with E-state index in [1.807, 2.05) is 0 Å². The number of rotatable bonds is 4. The molecular formula is C24H38O3. The summed E-state index contributed by atoms with van der Waals surface area (Å²) >= 11 is 0. The van der Waals surface area contributed by atoms with E-state index in [0.29, 0.717) is 29.6 Å². The van der Waals surface area contributed by atoms with Gasteiger partial charge < -0.3 is 4.74 Å². The molecule has 0 unspecified atom stereocenters. The van der Waals surface area contributed by atoms with Crippen LogP contribution in [0.25, 0.3) is 0 Å². The van der Waals surface area contributed by atoms with Crippen LogP contribution in [0.5, 0.6) is 0 Å². The Hall–Kier alpha value is -0.700. The molecule has 0 aliphatic heterocycles. The highest BCUT2D eigenvalue weighted by molar-refractivity contribution is 5.87. The van der Waals surface area contributed by atoms with E-state index in [2.05, 4.69) is 20.8 Å². The molecule has 4 rings (SSSR count). The van der Waals surface area contributed by atoms with Crippen molar-refractivity contribution in [2.45, 2.75) is 97.5 Å². The van der Waals surface area contributed by atoms with E-state index in [0.717, 1.165) is 56.8 Å². The van der Waals surface area contributed by atoms with Crippen LogP contribution in [0.2, 0.25) is 0 Å². The molecule has 0 N–H and O–H groups in total. The molecule has 0 amide bonds. The van der Waals surface area contributed by atoms with E-state index in [1.165, 1.54) is 19.3 Å². The van der Waals surface area contributed by atoms with Crippen molar-refractivity contribution in [1.29, 1.82) is 0 Å². The molecule has 0 radical (unpaired) electrons. The van der Waals surface area contributed by atoms with Crippen LogP contribution in [-0.4, -0.2) is 23.8 Å². The lowest BCUT2D eigenvalue weighted by Crippen LogP contribution is -2.57. The Morgan fingerprint density at radius 3 is 2.56 bits per heavy atom. The third kappa shape index (κ3) is 2.78. The van der Waals surface area contributed by atoms with E-state index >= 15 is 0 Å². The van der Waals surface area contributed by atoms with Crippen molar-refractivity contribution in [3.05, 3.63) is 0 Å². The van der Waals surface area contributed by atoms with Crippen LogP contribution in [0.15, 0.2) is 0 Å². The number of Topliss-reactive ketones (excluding diaryl/α,β-unsaturated/α-hetero) is 2. The maximum absolute atomic E-state index is 12.6. The van der Waals surface area contributed by atoms with Gasteiger partial charge in [-0.25, -0.2) is 0 Å². The van der Waals surface area contributed by atoms with Gasteiger partial charge in [0.15, 0.2) is 5.78 Å². The van der Waals surface area contributed by atoms with Crippen LogP contribution in [0, 0.1) is 34.5 Å². The largest absolute Gasteiger partial charge is 0.367 e. The van der Waals surface area contributed by atoms with E-state index in [9.17, 15) is 9.59 Å². The molecule has 0 saturated heterocycles. The van der Waals surface area contributed by atoms with Crippen molar-refractivity contribution >= 4 is 11.6 Å². The normalized spacial score (nSPS) is 49.3. The quantitative estimate of drug-likeness (QED) is 0.666. The van der Waals surface area contributed by atoms with Crippen molar-refractivity contribution in [2.75, 3.05) is 6.61 Å². The van der Waals surface area contributed by atoms with E-state index in [1.54, 1.807) is 6.92 Å². The molecule has 0 aromatic heterocycles. The topological polar surface area (TPSA) is 43.4 Å². The Morgan fingerprint density at radius 2 is 1.85 bits per heavy atom. The SMILES string of the molecule is CCCO[C@@]1(C(C)=O)CC[C@@]2(C)[C@@H](CC[C@@H]3[C@H]2CC[C@]2(C)C(=O)CC[C@H]32)C1. The first-order valence-corrected chi connectivity index (χ1v) is 11.4. The summed E-state index contributed by atoms with van der Waals surface area (Å²) in [5, 5.41) is 0. The fraction of sp³-hybridized carbons (Fsp3) is 0.917. The van der Waals surface area contributed by atoms with E-state index in [4.69, 9.17) is 4.74 Å². The highest BCUT2D eigenvalue weighted by atomic mass is 16.5. The van der Waals surface area contributed by atoms with Crippen LogP contribution >= 0.6 is 0 Å². The van der Waals surface area contributed by atoms with Gasteiger partial charge >= 0.3 is 0 Å². The molecule has 27 heavy (non-hydrogen) atoms. The minimum atomic E-state index is -0.528. The van der Waals surface area contributed by atoms with Gasteiger partial charge in [0.1, 0.15) is 11.4 Å². The van der Waals surface area contributed by atoms with Gasteiger partial charge in [0, 0.05) is 18.4 Å². The standard InChI is InChI=1S/C24H38O3/c1-5-14-27-24(16(2)25)13-12-22(3)17(15-24)6-7-18-19-8-9-21(26)23(19,4)11-10-20(18)22/h17-20H,5-15H2,1-4H3/t17-,18-,19+,20+,22-,23-,24-/m0/s1. The number of ether oxygens (including phenoxy) is 1. The Bertz CT molecular complexity index is 627. The van der Waals surface area contributed by atoms with Gasteiger partial charge in [-0.2, -0.15) is 0 Å². The first-order chi connectivity index (χ1) is 12.8. The molecule has 4 aliphatic carbocycles. The fourth-order valence-electron chi connectivity index (χ4n) is 7.85. The highest BCUT2D eigenvalue weighted by Gasteiger charge is 2.62. The molecule has 4 fully saturated rings. The second-order valence-electron chi connectivity index (χ2n) is 10.7. The Morgan fingerprint density at radius 1 is 1.07 bits per heavy atom. The van der Waals surface area contributed by atoms with E-state index in [-0.39, 0.29) is 11.2 Å². The molecule has 3 nitrogen and oxygen atoms in total. The number of carbonyl (C=O) groups excluding carboxylic acids is 2. The molecule has 4 saturated carbocycles. The second kappa shape index (κ2) is 6.68. The summed E-state index contributed by atoms with van der Waals surface area (Å²) in [4.78, 5) is 25.1. The summed E-state index contributed by atoms with van der Waals surface area (Å²) in [6.45, 7) is 9.32. The smallest absolute Gasteiger partial charge is 0.161 e. The molecule has 0 bridgehead atoms. The maximum Gasteiger partial charge on any atom is 0.161 e. The lowest BCUT2D eigenvalue weighted by Gasteiger charge is -2.61. The molecule has 0 aromatic rings. The molecule has 0 aromatic carbocycles. The minimum absolute atomic E-state index is 0.0353. The zero-order valence-corrected chi connectivity index (χ0v) is 17.8. The number of ketones is 2. The lowest BCUT2D eigenvalue weighted by molar-refractivity contribution is -0.176. The summed E-state index contributed by atoms with van der Waals surface area (Å²) in [5.74, 6) is 3.42. The average molecular weight is 375 g/mol. The van der Waals surface area contributed by atoms with E-state index < -0.39 is 5.60 Å². The van der Waals surface area contributed by atoms with Crippen LogP contribution in [0.4, 0.5) is 0 Å². The van der Waals surface area contributed by atoms with Gasteiger partial charge in [-0.3, -0.25) is 9.59 Å². The zero-order valence-electron chi connectivity index (χ0n) is 17.8. The van der Waals surface area contributed by atoms with Gasteiger partial charge in [-0.05, 0) is 93.8 Å². The van der Waals surface area contributed by atoms with Crippen molar-refractivity contribution < 1.29 is 14.3 Å². The second-order valence-corrected chi connectivity index (χ2v) is 10.7. The van der Waals surface area contributed by atoms with Crippen molar-refractivity contribution in [2.24, 2.45) is 34.5 Å². The van der Waals surface area contributed by atoms with Gasteiger partial charge in [-0.15, -0.1) is 0 Å². The van der Waals surface area contributed by atoms with Gasteiger partial charge in [-0.1, -0.05) is 20.8 Å². The average Bonchev–Trinajstić information content (AvgIpc) is 2.95. The first kappa shape index (κ1) is 19.6. The monoisotopic (exact) mass is 374 g/mol. The number of carbonyl (C=O) groups is 2. The third-order valence-electron chi connectivity index (χ3n) is 9.64. The van der Waals surface area contributed by atoms with Gasteiger partial charge in [0.25, 0.3) is 0 Å². The summed E-state index contributed by atoms with van der Waals surface area (Å²) in [6.07, 6.45) is 10.6. The third-order valence-corrected chi connectivity index (χ3v) is 9.64. The Labute approximate surface area is 165 Å². The van der Waals surface area contributed by atoms with Gasteiger partial charge in [0.05, 0.1) is 0 Å². The molecule has 3 heteroatoms. The van der Waals surface area contributed by atoms with Crippen LogP contribution in [0.3, 0.4) is 0 Å². The van der Waals surface area contributed by atoms with Crippen molar-refractivity contribution in [3.63, 3.8) is 0 Å². The minimum Gasteiger partial charge on any atom is -0.367 e. The predicted molar refractivity (Wildman–Crippen MR) is 106 cm³/mol. The molecule has 0 heterocycles. The number of hydrogen-bond donors (Lipinski definition) is 0. The zero-order chi connectivity index (χ0) is 19.4. The Kier molecular flexibility index (Phi) is 4.85. The highest BCUT2D eigenvalue weighted by Crippen LogP contribution is 2.66. The predicted octanol–water partition coefficient (Wildman–Crippen LogP) is 5.35. The summed E-state index contributed by atoms with van der Waals surface area (Å²) < 4.78 is 6.22. The van der Waals surface area contributed by atoms with Crippen LogP contribution < -0.4 is 0 Å². The Balaban J connectivity index is 1.57.